The molecular formula is C12H17N5O. The van der Waals surface area contributed by atoms with E-state index in [0.29, 0.717) is 5.89 Å². The number of nitrogens with zero attached hydrogens (tertiary/aromatic N) is 4. The van der Waals surface area contributed by atoms with Crippen molar-refractivity contribution in [2.75, 3.05) is 6.54 Å². The van der Waals surface area contributed by atoms with E-state index in [1.54, 1.807) is 0 Å². The molecular weight excluding hydrogens is 230 g/mol. The molecule has 6 nitrogen and oxygen atoms in total. The largest absolute Gasteiger partial charge is 0.332 e. The molecule has 0 unspecified atom stereocenters. The van der Waals surface area contributed by atoms with Crippen LogP contribution in [0.3, 0.4) is 0 Å². The topological polar surface area (TPSA) is 68.8 Å². The predicted molar refractivity (Wildman–Crippen MR) is 65.8 cm³/mol. The van der Waals surface area contributed by atoms with E-state index >= 15 is 0 Å². The maximum absolute atomic E-state index is 5.28. The van der Waals surface area contributed by atoms with Gasteiger partial charge in [0.15, 0.2) is 11.5 Å². The smallest absolute Gasteiger partial charge is 0.278 e. The van der Waals surface area contributed by atoms with Crippen molar-refractivity contribution in [3.63, 3.8) is 0 Å². The average Bonchev–Trinajstić information content (AvgIpc) is 3.08. The van der Waals surface area contributed by atoms with Gasteiger partial charge in [-0.25, -0.2) is 0 Å². The molecule has 3 rings (SSSR count). The average molecular weight is 247 g/mol. The fraction of sp³-hybridized carbons (Fsp3) is 0.583. The first kappa shape index (κ1) is 11.4. The van der Waals surface area contributed by atoms with Gasteiger partial charge in [0, 0.05) is 12.7 Å². The van der Waals surface area contributed by atoms with Crippen LogP contribution in [0.15, 0.2) is 16.8 Å². The summed E-state index contributed by atoms with van der Waals surface area (Å²) in [4.78, 5) is 4.44. The van der Waals surface area contributed by atoms with E-state index in [9.17, 15) is 0 Å². The quantitative estimate of drug-likeness (QED) is 0.895. The minimum absolute atomic E-state index is 0.226. The second-order valence-corrected chi connectivity index (χ2v) is 4.52. The van der Waals surface area contributed by atoms with E-state index in [1.165, 1.54) is 12.8 Å². The van der Waals surface area contributed by atoms with Crippen LogP contribution in [0.5, 0.6) is 0 Å². The molecule has 1 atom stereocenters. The van der Waals surface area contributed by atoms with Gasteiger partial charge in [0.1, 0.15) is 0 Å². The Bertz CT molecular complexity index is 512. The molecule has 3 heterocycles. The lowest BCUT2D eigenvalue weighted by Crippen LogP contribution is -2.27. The zero-order valence-corrected chi connectivity index (χ0v) is 10.5. The zero-order valence-electron chi connectivity index (χ0n) is 10.5. The van der Waals surface area contributed by atoms with Crippen molar-refractivity contribution in [3.8, 4) is 11.6 Å². The first-order valence-electron chi connectivity index (χ1n) is 6.47. The molecule has 2 aromatic rings. The second-order valence-electron chi connectivity index (χ2n) is 4.52. The molecule has 96 valence electrons. The Morgan fingerprint density at radius 2 is 2.44 bits per heavy atom. The van der Waals surface area contributed by atoms with Crippen molar-refractivity contribution in [1.82, 2.24) is 25.2 Å². The van der Waals surface area contributed by atoms with Gasteiger partial charge in [-0.05, 0) is 32.4 Å². The van der Waals surface area contributed by atoms with Gasteiger partial charge in [-0.15, -0.1) is 0 Å². The first-order chi connectivity index (χ1) is 8.86. The molecule has 6 heteroatoms. The number of aryl methyl sites for hydroxylation is 1. The lowest BCUT2D eigenvalue weighted by Gasteiger charge is -2.19. The van der Waals surface area contributed by atoms with E-state index in [0.717, 1.165) is 31.0 Å². The third-order valence-electron chi connectivity index (χ3n) is 3.25. The summed E-state index contributed by atoms with van der Waals surface area (Å²) in [7, 11) is 0. The molecule has 0 spiro atoms. The molecule has 1 aliphatic rings. The summed E-state index contributed by atoms with van der Waals surface area (Å²) in [5, 5.41) is 11.8. The van der Waals surface area contributed by atoms with Crippen molar-refractivity contribution in [3.05, 3.63) is 18.1 Å². The van der Waals surface area contributed by atoms with Gasteiger partial charge in [-0.1, -0.05) is 11.6 Å². The van der Waals surface area contributed by atoms with E-state index in [-0.39, 0.29) is 6.04 Å². The number of rotatable bonds is 3. The van der Waals surface area contributed by atoms with E-state index < -0.39 is 0 Å². The summed E-state index contributed by atoms with van der Waals surface area (Å²) < 4.78 is 7.13. The summed E-state index contributed by atoms with van der Waals surface area (Å²) in [5.41, 5.74) is 0.742. The van der Waals surface area contributed by atoms with Crippen LogP contribution in [-0.4, -0.2) is 26.5 Å². The Hall–Kier alpha value is -1.69. The standard InChI is InChI=1S/C12H17N5O/c1-2-17-8-6-10(15-17)12-14-11(16-18-12)9-5-3-4-7-13-9/h6,8-9,13H,2-5,7H2,1H3/t9-/m1/s1. The Balaban J connectivity index is 1.79. The van der Waals surface area contributed by atoms with Crippen LogP contribution >= 0.6 is 0 Å². The van der Waals surface area contributed by atoms with Crippen LogP contribution in [0.4, 0.5) is 0 Å². The van der Waals surface area contributed by atoms with Crippen LogP contribution in [0.1, 0.15) is 38.1 Å². The highest BCUT2D eigenvalue weighted by molar-refractivity contribution is 5.44. The van der Waals surface area contributed by atoms with Gasteiger partial charge in [0.2, 0.25) is 0 Å². The van der Waals surface area contributed by atoms with Crippen molar-refractivity contribution in [2.45, 2.75) is 38.8 Å². The number of piperidine rings is 1. The Labute approximate surface area is 105 Å². The minimum Gasteiger partial charge on any atom is -0.332 e. The fourth-order valence-electron chi connectivity index (χ4n) is 2.20. The predicted octanol–water partition coefficient (Wildman–Crippen LogP) is 1.77. The lowest BCUT2D eigenvalue weighted by atomic mass is 10.0. The van der Waals surface area contributed by atoms with Crippen molar-refractivity contribution < 1.29 is 4.52 Å². The number of aromatic nitrogens is 4. The van der Waals surface area contributed by atoms with Gasteiger partial charge in [-0.2, -0.15) is 10.1 Å². The van der Waals surface area contributed by atoms with E-state index in [4.69, 9.17) is 4.52 Å². The van der Waals surface area contributed by atoms with Crippen LogP contribution in [0.25, 0.3) is 11.6 Å². The second kappa shape index (κ2) is 4.89. The maximum Gasteiger partial charge on any atom is 0.278 e. The van der Waals surface area contributed by atoms with E-state index in [1.807, 2.05) is 23.9 Å². The van der Waals surface area contributed by atoms with Crippen molar-refractivity contribution in [2.24, 2.45) is 0 Å². The van der Waals surface area contributed by atoms with E-state index in [2.05, 4.69) is 20.6 Å². The third kappa shape index (κ3) is 2.15. The van der Waals surface area contributed by atoms with Crippen LogP contribution in [0, 0.1) is 0 Å². The molecule has 0 radical (unpaired) electrons. The summed E-state index contributed by atoms with van der Waals surface area (Å²) in [6.07, 6.45) is 5.43. The Kier molecular flexibility index (Phi) is 3.10. The van der Waals surface area contributed by atoms with Crippen LogP contribution in [0.2, 0.25) is 0 Å². The Morgan fingerprint density at radius 1 is 1.50 bits per heavy atom. The van der Waals surface area contributed by atoms with Gasteiger partial charge in [-0.3, -0.25) is 4.68 Å². The van der Waals surface area contributed by atoms with Crippen LogP contribution < -0.4 is 5.32 Å². The number of hydrogen-bond acceptors (Lipinski definition) is 5. The zero-order chi connectivity index (χ0) is 12.4. The maximum atomic E-state index is 5.28. The highest BCUT2D eigenvalue weighted by Crippen LogP contribution is 2.23. The molecule has 0 bridgehead atoms. The highest BCUT2D eigenvalue weighted by Gasteiger charge is 2.21. The van der Waals surface area contributed by atoms with Crippen molar-refractivity contribution >= 4 is 0 Å². The highest BCUT2D eigenvalue weighted by atomic mass is 16.5. The fourth-order valence-corrected chi connectivity index (χ4v) is 2.20. The molecule has 0 aliphatic carbocycles. The molecule has 0 amide bonds. The first-order valence-corrected chi connectivity index (χ1v) is 6.47. The Morgan fingerprint density at radius 3 is 3.17 bits per heavy atom. The molecule has 2 aromatic heterocycles. The van der Waals surface area contributed by atoms with Crippen molar-refractivity contribution in [1.29, 1.82) is 0 Å². The van der Waals surface area contributed by atoms with Gasteiger partial charge >= 0.3 is 0 Å². The van der Waals surface area contributed by atoms with Crippen LogP contribution in [-0.2, 0) is 6.54 Å². The lowest BCUT2D eigenvalue weighted by molar-refractivity contribution is 0.366. The molecule has 1 fully saturated rings. The SMILES string of the molecule is CCn1ccc(-c2nc([C@H]3CCCCN3)no2)n1. The molecule has 1 saturated heterocycles. The third-order valence-corrected chi connectivity index (χ3v) is 3.25. The number of nitrogens with one attached hydrogen (secondary N) is 1. The van der Waals surface area contributed by atoms with Gasteiger partial charge in [0.05, 0.1) is 6.04 Å². The van der Waals surface area contributed by atoms with Gasteiger partial charge in [0.25, 0.3) is 5.89 Å². The molecule has 1 N–H and O–H groups in total. The minimum atomic E-state index is 0.226. The monoisotopic (exact) mass is 247 g/mol. The summed E-state index contributed by atoms with van der Waals surface area (Å²) in [5.74, 6) is 1.25. The molecule has 18 heavy (non-hydrogen) atoms. The summed E-state index contributed by atoms with van der Waals surface area (Å²) in [6.45, 7) is 3.91. The summed E-state index contributed by atoms with van der Waals surface area (Å²) >= 11 is 0. The molecule has 0 saturated carbocycles. The van der Waals surface area contributed by atoms with Gasteiger partial charge < -0.3 is 9.84 Å². The molecule has 0 aromatic carbocycles. The normalized spacial score (nSPS) is 20.2. The molecule has 1 aliphatic heterocycles. The summed E-state index contributed by atoms with van der Waals surface area (Å²) in [6, 6.07) is 2.12. The number of hydrogen-bond donors (Lipinski definition) is 1.